The number of amides is 8. The van der Waals surface area contributed by atoms with Crippen LogP contribution in [0.25, 0.3) is 0 Å². The van der Waals surface area contributed by atoms with E-state index in [2.05, 4.69) is 31.9 Å². The number of ether oxygens (including phenoxy) is 4. The Balaban J connectivity index is 0. The van der Waals surface area contributed by atoms with Crippen LogP contribution in [0, 0.1) is 11.8 Å². The molecule has 0 radical (unpaired) electrons. The van der Waals surface area contributed by atoms with Gasteiger partial charge in [-0.3, -0.25) is 43.2 Å². The van der Waals surface area contributed by atoms with Gasteiger partial charge >= 0.3 is 0 Å². The summed E-state index contributed by atoms with van der Waals surface area (Å²) in [5, 5.41) is 16.3. The molecular weight excluding hydrogens is 869 g/mol. The molecule has 0 aromatic heterocycles. The fourth-order valence-electron chi connectivity index (χ4n) is 5.35. The molecule has 21 nitrogen and oxygen atoms in total. The van der Waals surface area contributed by atoms with Crippen LogP contribution in [0.4, 0.5) is 0 Å². The van der Waals surface area contributed by atoms with Crippen LogP contribution in [-0.2, 0) is 62.1 Å². The van der Waals surface area contributed by atoms with Crippen molar-refractivity contribution in [1.29, 1.82) is 0 Å². The van der Waals surface area contributed by atoms with E-state index in [9.17, 15) is 43.2 Å². The first kappa shape index (κ1) is 62.7. The van der Waals surface area contributed by atoms with E-state index in [4.69, 9.17) is 30.4 Å². The van der Waals surface area contributed by atoms with Gasteiger partial charge in [0.1, 0.15) is 19.3 Å². The molecule has 0 spiro atoms. The van der Waals surface area contributed by atoms with Crippen molar-refractivity contribution >= 4 is 64.1 Å². The third-order valence-electron chi connectivity index (χ3n) is 9.18. The van der Waals surface area contributed by atoms with E-state index >= 15 is 0 Å². The highest BCUT2D eigenvalue weighted by molar-refractivity contribution is 8.14. The third-order valence-corrected chi connectivity index (χ3v) is 9.99. The topological polar surface area (TPSA) is 315 Å². The van der Waals surface area contributed by atoms with E-state index in [0.717, 1.165) is 24.6 Å². The number of nitrogens with one attached hydrogen (secondary N) is 6. The van der Waals surface area contributed by atoms with Gasteiger partial charge in [-0.25, -0.2) is 0 Å². The monoisotopic (exact) mass is 949 g/mol. The summed E-state index contributed by atoms with van der Waals surface area (Å²) in [5.41, 5.74) is 10.5. The summed E-state index contributed by atoms with van der Waals surface area (Å²) in [4.78, 5) is 107. The molecule has 0 unspecified atom stereocenters. The van der Waals surface area contributed by atoms with Crippen LogP contribution in [-0.4, -0.2) is 150 Å². The second kappa shape index (κ2) is 43.5. The van der Waals surface area contributed by atoms with Gasteiger partial charge in [-0.1, -0.05) is 52.3 Å². The quantitative estimate of drug-likeness (QED) is 0.0384. The first-order valence-corrected chi connectivity index (χ1v) is 23.8. The molecule has 65 heavy (non-hydrogen) atoms. The Labute approximate surface area is 389 Å². The highest BCUT2D eigenvalue weighted by Gasteiger charge is 2.20. The summed E-state index contributed by atoms with van der Waals surface area (Å²) in [6, 6.07) is -0.810. The first-order valence-electron chi connectivity index (χ1n) is 22.8. The van der Waals surface area contributed by atoms with Crippen molar-refractivity contribution in [1.82, 2.24) is 31.9 Å². The highest BCUT2D eigenvalue weighted by atomic mass is 32.2. The number of rotatable bonds is 41. The summed E-state index contributed by atoms with van der Waals surface area (Å²) in [5.74, 6) is -2.91. The molecule has 0 bridgehead atoms. The van der Waals surface area contributed by atoms with Crippen LogP contribution < -0.4 is 43.4 Å². The van der Waals surface area contributed by atoms with Gasteiger partial charge in [0.2, 0.25) is 47.3 Å². The van der Waals surface area contributed by atoms with Crippen LogP contribution >= 0.6 is 11.8 Å². The van der Waals surface area contributed by atoms with Crippen molar-refractivity contribution in [2.45, 2.75) is 118 Å². The first-order chi connectivity index (χ1) is 31.1. The smallest absolute Gasteiger partial charge is 0.246 e. The van der Waals surface area contributed by atoms with Gasteiger partial charge in [0.15, 0.2) is 5.12 Å². The second-order valence-corrected chi connectivity index (χ2v) is 16.0. The van der Waals surface area contributed by atoms with E-state index in [1.807, 2.05) is 13.8 Å². The molecule has 0 aromatic rings. The number of nitrogens with two attached hydrogens (primary N) is 2. The summed E-state index contributed by atoms with van der Waals surface area (Å²) in [6.07, 6.45) is 5.95. The number of carbonyl (C=O) groups is 9. The zero-order valence-corrected chi connectivity index (χ0v) is 40.3. The van der Waals surface area contributed by atoms with Crippen molar-refractivity contribution in [2.75, 3.05) is 91.3 Å². The van der Waals surface area contributed by atoms with Crippen LogP contribution in [0.1, 0.15) is 112 Å². The Hall–Kier alpha value is -4.38. The predicted octanol–water partition coefficient (Wildman–Crippen LogP) is 0.348. The van der Waals surface area contributed by atoms with Crippen molar-refractivity contribution < 1.29 is 62.1 Å². The Bertz CT molecular complexity index is 1380. The molecule has 0 rings (SSSR count). The lowest BCUT2D eigenvalue weighted by atomic mass is 10.0. The molecule has 376 valence electrons. The van der Waals surface area contributed by atoms with E-state index in [0.29, 0.717) is 64.6 Å². The number of carbonyl (C=O) groups excluding carboxylic acids is 9. The molecule has 0 fully saturated rings. The largest absolute Gasteiger partial charge is 0.377 e. The maximum absolute atomic E-state index is 13.0. The van der Waals surface area contributed by atoms with Gasteiger partial charge in [0, 0.05) is 64.3 Å². The van der Waals surface area contributed by atoms with E-state index in [1.165, 1.54) is 6.92 Å². The van der Waals surface area contributed by atoms with E-state index in [1.54, 1.807) is 13.8 Å². The SMILES string of the molecule is CC.CC(=O)SCC(=O)NCCCC[C@H](NC(=O)CCCC(=O)NCCOCCOCC(=O)NCCOCCOCC(=O)NCCCC[C@H](C)C(N)=O)C(=O)NCCCC[C@H](C)C(N)=O. The number of primary amides is 2. The molecule has 0 aromatic carbocycles. The maximum Gasteiger partial charge on any atom is 0.246 e. The normalized spacial score (nSPS) is 12.0. The van der Waals surface area contributed by atoms with Gasteiger partial charge in [-0.05, 0) is 51.4 Å². The van der Waals surface area contributed by atoms with Gasteiger partial charge in [0.25, 0.3) is 0 Å². The van der Waals surface area contributed by atoms with Gasteiger partial charge in [0.05, 0.1) is 45.4 Å². The number of hydrogen-bond donors (Lipinski definition) is 8. The fourth-order valence-corrected chi connectivity index (χ4v) is 5.78. The van der Waals surface area contributed by atoms with Crippen LogP contribution in [0.3, 0.4) is 0 Å². The molecule has 0 aliphatic rings. The van der Waals surface area contributed by atoms with Crippen LogP contribution in [0.2, 0.25) is 0 Å². The minimum atomic E-state index is -0.810. The lowest BCUT2D eigenvalue weighted by Gasteiger charge is -2.19. The van der Waals surface area contributed by atoms with Crippen LogP contribution in [0.5, 0.6) is 0 Å². The zero-order chi connectivity index (χ0) is 49.1. The lowest BCUT2D eigenvalue weighted by Crippen LogP contribution is -2.47. The van der Waals surface area contributed by atoms with Crippen molar-refractivity contribution in [3.8, 4) is 0 Å². The summed E-state index contributed by atoms with van der Waals surface area (Å²) in [6.45, 7) is 11.7. The highest BCUT2D eigenvalue weighted by Crippen LogP contribution is 2.08. The Morgan fingerprint density at radius 3 is 1.38 bits per heavy atom. The molecule has 0 aliphatic heterocycles. The Kier molecular flexibility index (Phi) is 42.0. The van der Waals surface area contributed by atoms with E-state index < -0.39 is 6.04 Å². The van der Waals surface area contributed by atoms with Gasteiger partial charge < -0.3 is 62.3 Å². The molecule has 3 atom stereocenters. The molecule has 22 heteroatoms. The second-order valence-electron chi connectivity index (χ2n) is 14.9. The zero-order valence-electron chi connectivity index (χ0n) is 39.5. The average Bonchev–Trinajstić information content (AvgIpc) is 3.26. The summed E-state index contributed by atoms with van der Waals surface area (Å²) in [7, 11) is 0. The molecule has 0 heterocycles. The minimum Gasteiger partial charge on any atom is -0.377 e. The van der Waals surface area contributed by atoms with Crippen LogP contribution in [0.15, 0.2) is 0 Å². The molecule has 0 saturated heterocycles. The van der Waals surface area contributed by atoms with Gasteiger partial charge in [-0.2, -0.15) is 0 Å². The Morgan fingerprint density at radius 2 is 0.892 bits per heavy atom. The number of unbranched alkanes of at least 4 members (excludes halogenated alkanes) is 3. The van der Waals surface area contributed by atoms with Crippen molar-refractivity contribution in [3.05, 3.63) is 0 Å². The fraction of sp³-hybridized carbons (Fsp3) is 0.791. The van der Waals surface area contributed by atoms with Gasteiger partial charge in [-0.15, -0.1) is 0 Å². The number of hydrogen-bond acceptors (Lipinski definition) is 14. The summed E-state index contributed by atoms with van der Waals surface area (Å²) >= 11 is 0.921. The molecular formula is C43H80N8O13S. The number of thioether (sulfide) groups is 1. The minimum absolute atomic E-state index is 0.0290. The predicted molar refractivity (Wildman–Crippen MR) is 247 cm³/mol. The van der Waals surface area contributed by atoms with E-state index in [-0.39, 0.29) is 155 Å². The van der Waals surface area contributed by atoms with Crippen molar-refractivity contribution in [3.63, 3.8) is 0 Å². The Morgan fingerprint density at radius 1 is 0.477 bits per heavy atom. The van der Waals surface area contributed by atoms with Crippen molar-refractivity contribution in [2.24, 2.45) is 23.3 Å². The molecule has 0 aliphatic carbocycles. The average molecular weight is 949 g/mol. The molecule has 10 N–H and O–H groups in total. The third kappa shape index (κ3) is 42.0. The standard InChI is InChI=1S/C41H74N8O13S.C2H6/c1-30(39(42)56)11-4-7-16-44-36(53)27-61-25-24-60-22-20-47-37(54)28-62-26-23-59-21-19-46-34(51)14-10-15-35(52)49-33(13-6-9-17-45-38(55)29-63-32(3)50)41(58)48-18-8-5-12-31(2)40(43)57;1-2/h30-31,33H,4-29H2,1-3H3,(H2,42,56)(H2,43,57)(H,44,53)(H,45,55)(H,46,51)(H,47,54)(H,48,58)(H,49,52);1-2H3/t30-,31-,33-;/m0./s1. The summed E-state index contributed by atoms with van der Waals surface area (Å²) < 4.78 is 21.4. The molecule has 0 saturated carbocycles. The molecule has 8 amide bonds. The maximum atomic E-state index is 13.0. The lowest BCUT2D eigenvalue weighted by molar-refractivity contribution is -0.129.